The maximum atomic E-state index is 3.27. The highest BCUT2D eigenvalue weighted by Crippen LogP contribution is 2.06. The van der Waals surface area contributed by atoms with Gasteiger partial charge in [0.05, 0.1) is 0 Å². The zero-order valence-corrected chi connectivity index (χ0v) is 13.9. The van der Waals surface area contributed by atoms with Gasteiger partial charge in [-0.05, 0) is 29.8 Å². The quantitative estimate of drug-likeness (QED) is 0.553. The molecule has 0 atom stereocenters. The van der Waals surface area contributed by atoms with Crippen LogP contribution in [0.1, 0.15) is 16.7 Å². The molecule has 0 spiro atoms. The molecular formula is C25H18. The Bertz CT molecular complexity index is 871. The molecule has 0 aliphatic carbocycles. The van der Waals surface area contributed by atoms with E-state index in [1.807, 2.05) is 78.9 Å². The van der Waals surface area contributed by atoms with Gasteiger partial charge in [-0.2, -0.15) is 0 Å². The largest absolute Gasteiger partial charge is 0.100 e. The smallest absolute Gasteiger partial charge is 0.0771 e. The van der Waals surface area contributed by atoms with Crippen LogP contribution in [0.2, 0.25) is 0 Å². The van der Waals surface area contributed by atoms with Gasteiger partial charge in [-0.25, -0.2) is 0 Å². The topological polar surface area (TPSA) is 0 Å². The van der Waals surface area contributed by atoms with Crippen molar-refractivity contribution in [2.75, 3.05) is 0 Å². The summed E-state index contributed by atoms with van der Waals surface area (Å²) in [7, 11) is 0. The van der Waals surface area contributed by atoms with Crippen LogP contribution in [0.25, 0.3) is 6.08 Å². The van der Waals surface area contributed by atoms with Gasteiger partial charge in [-0.15, -0.1) is 0 Å². The fourth-order valence-electron chi connectivity index (χ4n) is 2.27. The van der Waals surface area contributed by atoms with Crippen molar-refractivity contribution < 1.29 is 0 Å². The summed E-state index contributed by atoms with van der Waals surface area (Å²) >= 11 is 0. The third-order valence-corrected chi connectivity index (χ3v) is 3.57. The monoisotopic (exact) mass is 318 g/mol. The van der Waals surface area contributed by atoms with Crippen molar-refractivity contribution in [1.29, 1.82) is 0 Å². The first-order valence-corrected chi connectivity index (χ1v) is 8.26. The third kappa shape index (κ3) is 5.58. The number of benzene rings is 3. The van der Waals surface area contributed by atoms with Crippen LogP contribution in [0.5, 0.6) is 0 Å². The lowest BCUT2D eigenvalue weighted by Crippen LogP contribution is -1.88. The van der Waals surface area contributed by atoms with Crippen LogP contribution in [0.3, 0.4) is 0 Å². The summed E-state index contributed by atoms with van der Waals surface area (Å²) in [5, 5.41) is 0. The van der Waals surface area contributed by atoms with Crippen molar-refractivity contribution in [1.82, 2.24) is 0 Å². The lowest BCUT2D eigenvalue weighted by atomic mass is 10.1. The normalized spacial score (nSPS) is 9.96. The van der Waals surface area contributed by atoms with Gasteiger partial charge in [-0.1, -0.05) is 103 Å². The maximum Gasteiger partial charge on any atom is 0.100 e. The molecule has 0 aliphatic heterocycles. The van der Waals surface area contributed by atoms with Crippen LogP contribution in [0.15, 0.2) is 97.1 Å². The van der Waals surface area contributed by atoms with E-state index in [9.17, 15) is 0 Å². The van der Waals surface area contributed by atoms with Gasteiger partial charge in [0.25, 0.3) is 0 Å². The zero-order valence-electron chi connectivity index (χ0n) is 13.9. The Morgan fingerprint density at radius 3 is 1.48 bits per heavy atom. The van der Waals surface area contributed by atoms with Crippen molar-refractivity contribution in [3.63, 3.8) is 0 Å². The molecule has 0 radical (unpaired) electrons. The summed E-state index contributed by atoms with van der Waals surface area (Å²) in [5.74, 6) is 12.8. The molecule has 0 aliphatic rings. The van der Waals surface area contributed by atoms with Crippen molar-refractivity contribution in [3.05, 3.63) is 114 Å². The average Bonchev–Trinajstić information content (AvgIpc) is 2.70. The minimum absolute atomic E-state index is 0.124. The van der Waals surface area contributed by atoms with E-state index >= 15 is 0 Å². The van der Waals surface area contributed by atoms with Crippen LogP contribution in [0.4, 0.5) is 0 Å². The Hall–Kier alpha value is -3.48. The predicted molar refractivity (Wildman–Crippen MR) is 106 cm³/mol. The summed E-state index contributed by atoms with van der Waals surface area (Å²) in [6, 6.07) is 30.2. The molecule has 0 saturated carbocycles. The van der Waals surface area contributed by atoms with Crippen LogP contribution in [-0.2, 0) is 0 Å². The third-order valence-electron chi connectivity index (χ3n) is 3.57. The standard InChI is InChI=1S/C25H18/c1-4-10-22(11-5-1)16-19-25(20-17-23-12-6-2-7-13-23)21-18-24-14-8-3-9-15-24/h1-16,19,25H/b19-16+. The second-order valence-electron chi connectivity index (χ2n) is 5.52. The minimum atomic E-state index is -0.124. The Labute approximate surface area is 149 Å². The fourth-order valence-corrected chi connectivity index (χ4v) is 2.27. The second kappa shape index (κ2) is 8.97. The van der Waals surface area contributed by atoms with Gasteiger partial charge >= 0.3 is 0 Å². The molecule has 0 nitrogen and oxygen atoms in total. The maximum absolute atomic E-state index is 3.27. The van der Waals surface area contributed by atoms with Crippen molar-refractivity contribution >= 4 is 6.08 Å². The first kappa shape index (κ1) is 16.4. The molecule has 3 rings (SSSR count). The fraction of sp³-hybridized carbons (Fsp3) is 0.0400. The molecule has 0 aromatic heterocycles. The molecule has 3 aromatic rings. The Morgan fingerprint density at radius 2 is 1.00 bits per heavy atom. The molecule has 3 aromatic carbocycles. The number of rotatable bonds is 2. The van der Waals surface area contributed by atoms with Crippen LogP contribution >= 0.6 is 0 Å². The van der Waals surface area contributed by atoms with Gasteiger partial charge in [0, 0.05) is 11.1 Å². The highest BCUT2D eigenvalue weighted by molar-refractivity contribution is 5.52. The zero-order chi connectivity index (χ0) is 17.2. The van der Waals surface area contributed by atoms with E-state index < -0.39 is 0 Å². The van der Waals surface area contributed by atoms with Gasteiger partial charge in [0.2, 0.25) is 0 Å². The highest BCUT2D eigenvalue weighted by Gasteiger charge is 1.95. The molecule has 0 unspecified atom stereocenters. The molecule has 0 bridgehead atoms. The van der Waals surface area contributed by atoms with Gasteiger partial charge in [0.1, 0.15) is 5.92 Å². The van der Waals surface area contributed by atoms with E-state index in [1.165, 1.54) is 0 Å². The predicted octanol–water partition coefficient (Wildman–Crippen LogP) is 5.42. The molecular weight excluding hydrogens is 300 g/mol. The summed E-state index contributed by atoms with van der Waals surface area (Å²) in [5.41, 5.74) is 3.15. The van der Waals surface area contributed by atoms with Crippen LogP contribution < -0.4 is 0 Å². The van der Waals surface area contributed by atoms with Gasteiger partial charge in [0.15, 0.2) is 0 Å². The van der Waals surface area contributed by atoms with Crippen molar-refractivity contribution in [2.24, 2.45) is 5.92 Å². The molecule has 0 saturated heterocycles. The lowest BCUT2D eigenvalue weighted by molar-refractivity contribution is 1.18. The number of hydrogen-bond donors (Lipinski definition) is 0. The number of allylic oxidation sites excluding steroid dienone is 1. The average molecular weight is 318 g/mol. The minimum Gasteiger partial charge on any atom is -0.0771 e. The summed E-state index contributed by atoms with van der Waals surface area (Å²) in [4.78, 5) is 0. The second-order valence-corrected chi connectivity index (χ2v) is 5.52. The Balaban J connectivity index is 1.85. The van der Waals surface area contributed by atoms with Gasteiger partial charge < -0.3 is 0 Å². The molecule has 118 valence electrons. The Kier molecular flexibility index (Phi) is 5.88. The Morgan fingerprint density at radius 1 is 0.560 bits per heavy atom. The molecule has 0 N–H and O–H groups in total. The molecule has 0 fully saturated rings. The lowest BCUT2D eigenvalue weighted by Gasteiger charge is -1.96. The summed E-state index contributed by atoms with van der Waals surface area (Å²) in [6.45, 7) is 0. The molecule has 0 heterocycles. The van der Waals surface area contributed by atoms with Crippen LogP contribution in [0, 0.1) is 29.6 Å². The highest BCUT2D eigenvalue weighted by atomic mass is 14.0. The SMILES string of the molecule is C(#CC(C#Cc1ccccc1)/C=C/c1ccccc1)c1ccccc1. The summed E-state index contributed by atoms with van der Waals surface area (Å²) < 4.78 is 0. The first-order chi connectivity index (χ1) is 12.4. The first-order valence-electron chi connectivity index (χ1n) is 8.26. The van der Waals surface area contributed by atoms with Gasteiger partial charge in [-0.3, -0.25) is 0 Å². The van der Waals surface area contributed by atoms with E-state index in [2.05, 4.69) is 48.0 Å². The van der Waals surface area contributed by atoms with E-state index in [1.54, 1.807) is 0 Å². The van der Waals surface area contributed by atoms with Crippen molar-refractivity contribution in [2.45, 2.75) is 0 Å². The van der Waals surface area contributed by atoms with E-state index in [-0.39, 0.29) is 5.92 Å². The summed E-state index contributed by atoms with van der Waals surface area (Å²) in [6.07, 6.45) is 4.13. The van der Waals surface area contributed by atoms with E-state index in [0.717, 1.165) is 16.7 Å². The van der Waals surface area contributed by atoms with Crippen LogP contribution in [-0.4, -0.2) is 0 Å². The molecule has 0 heteroatoms. The van der Waals surface area contributed by atoms with E-state index in [0.29, 0.717) is 0 Å². The molecule has 0 amide bonds. The molecule has 25 heavy (non-hydrogen) atoms. The van der Waals surface area contributed by atoms with Crippen molar-refractivity contribution in [3.8, 4) is 23.7 Å². The number of hydrogen-bond acceptors (Lipinski definition) is 0. The van der Waals surface area contributed by atoms with E-state index in [4.69, 9.17) is 0 Å².